The molecule has 0 aliphatic heterocycles. The van der Waals surface area contributed by atoms with E-state index < -0.39 is 15.3 Å². The molecule has 1 aliphatic carbocycles. The van der Waals surface area contributed by atoms with Gasteiger partial charge in [0.15, 0.2) is 0 Å². The summed E-state index contributed by atoms with van der Waals surface area (Å²) in [7, 11) is -3.42. The minimum Gasteiger partial charge on any atom is -0.282 e. The van der Waals surface area contributed by atoms with Crippen LogP contribution in [0.1, 0.15) is 32.6 Å². The highest BCUT2D eigenvalue weighted by Crippen LogP contribution is 2.30. The Balaban J connectivity index is 2.26. The van der Waals surface area contributed by atoms with Crippen molar-refractivity contribution < 1.29 is 8.42 Å². The number of hydrogen-bond acceptors (Lipinski definition) is 2. The number of halogens is 1. The van der Waals surface area contributed by atoms with E-state index in [1.807, 2.05) is 6.92 Å². The van der Waals surface area contributed by atoms with Crippen LogP contribution in [0.3, 0.4) is 0 Å². The molecule has 0 bridgehead atoms. The molecule has 19 heavy (non-hydrogen) atoms. The number of para-hydroxylation sites is 1. The number of allylic oxidation sites excluding steroid dienone is 1. The second-order valence-electron chi connectivity index (χ2n) is 4.68. The lowest BCUT2D eigenvalue weighted by atomic mass is 9.97. The molecule has 1 aromatic carbocycles. The van der Waals surface area contributed by atoms with Crippen molar-refractivity contribution in [2.24, 2.45) is 0 Å². The van der Waals surface area contributed by atoms with E-state index >= 15 is 0 Å². The van der Waals surface area contributed by atoms with E-state index in [1.54, 1.807) is 24.3 Å². The summed E-state index contributed by atoms with van der Waals surface area (Å²) in [5.74, 6) is 0. The molecule has 1 unspecified atom stereocenters. The van der Waals surface area contributed by atoms with Crippen molar-refractivity contribution in [1.29, 1.82) is 0 Å². The lowest BCUT2D eigenvalue weighted by molar-refractivity contribution is 0.574. The van der Waals surface area contributed by atoms with Crippen molar-refractivity contribution in [1.82, 2.24) is 0 Å². The molecule has 0 fully saturated rings. The molecular weight excluding hydrogens is 282 g/mol. The normalized spacial score (nSPS) is 19.9. The van der Waals surface area contributed by atoms with Crippen LogP contribution in [-0.4, -0.2) is 13.7 Å². The fraction of sp³-hybridized carbons (Fsp3) is 0.429. The van der Waals surface area contributed by atoms with Crippen molar-refractivity contribution in [3.05, 3.63) is 40.9 Å². The fourth-order valence-electron chi connectivity index (χ4n) is 2.40. The SMILES string of the molecule is CCC1=CCCCC1S(=O)(=O)Nc1ccccc1Cl. The summed E-state index contributed by atoms with van der Waals surface area (Å²) >= 11 is 6.00. The van der Waals surface area contributed by atoms with E-state index in [9.17, 15) is 8.42 Å². The van der Waals surface area contributed by atoms with Crippen LogP contribution in [0.2, 0.25) is 5.02 Å². The minimum absolute atomic E-state index is 0.420. The molecule has 0 amide bonds. The van der Waals surface area contributed by atoms with Crippen LogP contribution in [0.5, 0.6) is 0 Å². The van der Waals surface area contributed by atoms with Gasteiger partial charge in [0, 0.05) is 0 Å². The van der Waals surface area contributed by atoms with E-state index in [0.29, 0.717) is 17.1 Å². The van der Waals surface area contributed by atoms with Crippen molar-refractivity contribution in [3.63, 3.8) is 0 Å². The first-order chi connectivity index (χ1) is 9.04. The molecule has 0 saturated heterocycles. The predicted molar refractivity (Wildman–Crippen MR) is 80.0 cm³/mol. The Morgan fingerprint density at radius 3 is 2.79 bits per heavy atom. The highest BCUT2D eigenvalue weighted by Gasteiger charge is 2.30. The van der Waals surface area contributed by atoms with E-state index in [2.05, 4.69) is 10.8 Å². The quantitative estimate of drug-likeness (QED) is 0.855. The van der Waals surface area contributed by atoms with Crippen LogP contribution in [0.15, 0.2) is 35.9 Å². The number of benzene rings is 1. The third-order valence-corrected chi connectivity index (χ3v) is 5.52. The Morgan fingerprint density at radius 2 is 2.11 bits per heavy atom. The van der Waals surface area contributed by atoms with Crippen LogP contribution >= 0.6 is 11.6 Å². The molecule has 2 rings (SSSR count). The molecule has 1 aromatic rings. The molecule has 1 atom stereocenters. The molecule has 0 radical (unpaired) electrons. The largest absolute Gasteiger partial charge is 0.282 e. The highest BCUT2D eigenvalue weighted by molar-refractivity contribution is 7.93. The Bertz CT molecular complexity index is 581. The minimum atomic E-state index is -3.42. The lowest BCUT2D eigenvalue weighted by Gasteiger charge is -2.24. The smallest absolute Gasteiger partial charge is 0.239 e. The Labute approximate surface area is 119 Å². The van der Waals surface area contributed by atoms with Gasteiger partial charge in [0.2, 0.25) is 10.0 Å². The van der Waals surface area contributed by atoms with Crippen LogP contribution in [-0.2, 0) is 10.0 Å². The van der Waals surface area contributed by atoms with Gasteiger partial charge in [0.25, 0.3) is 0 Å². The summed E-state index contributed by atoms with van der Waals surface area (Å²) in [5, 5.41) is -0.00793. The van der Waals surface area contributed by atoms with Gasteiger partial charge in [0.05, 0.1) is 10.7 Å². The standard InChI is InChI=1S/C14H18ClNO2S/c1-2-11-7-3-6-10-14(11)19(17,18)16-13-9-5-4-8-12(13)15/h4-5,7-9,14,16H,2-3,6,10H2,1H3. The van der Waals surface area contributed by atoms with Gasteiger partial charge in [-0.3, -0.25) is 4.72 Å². The van der Waals surface area contributed by atoms with E-state index in [4.69, 9.17) is 11.6 Å². The van der Waals surface area contributed by atoms with E-state index in [0.717, 1.165) is 24.8 Å². The summed E-state index contributed by atoms with van der Waals surface area (Å²) in [6.45, 7) is 2.00. The van der Waals surface area contributed by atoms with Gasteiger partial charge in [-0.05, 0) is 37.8 Å². The van der Waals surface area contributed by atoms with Gasteiger partial charge < -0.3 is 0 Å². The predicted octanol–water partition coefficient (Wildman–Crippen LogP) is 3.97. The molecule has 5 heteroatoms. The molecule has 104 valence electrons. The van der Waals surface area contributed by atoms with Gasteiger partial charge >= 0.3 is 0 Å². The number of nitrogens with one attached hydrogen (secondary N) is 1. The second-order valence-corrected chi connectivity index (χ2v) is 6.95. The average molecular weight is 300 g/mol. The fourth-order valence-corrected chi connectivity index (χ4v) is 4.41. The van der Waals surface area contributed by atoms with Crippen molar-refractivity contribution in [2.45, 2.75) is 37.9 Å². The number of hydrogen-bond donors (Lipinski definition) is 1. The monoisotopic (exact) mass is 299 g/mol. The Kier molecular flexibility index (Phi) is 4.53. The Hall–Kier alpha value is -1.00. The maximum Gasteiger partial charge on any atom is 0.239 e. The van der Waals surface area contributed by atoms with Crippen molar-refractivity contribution in [3.8, 4) is 0 Å². The third kappa shape index (κ3) is 3.31. The number of anilines is 1. The molecule has 1 aliphatic rings. The van der Waals surface area contributed by atoms with E-state index in [-0.39, 0.29) is 0 Å². The lowest BCUT2D eigenvalue weighted by Crippen LogP contribution is -2.31. The zero-order chi connectivity index (χ0) is 13.9. The average Bonchev–Trinajstić information content (AvgIpc) is 2.41. The van der Waals surface area contributed by atoms with Crippen molar-refractivity contribution in [2.75, 3.05) is 4.72 Å². The zero-order valence-corrected chi connectivity index (χ0v) is 12.5. The molecule has 1 N–H and O–H groups in total. The van der Waals surface area contributed by atoms with Gasteiger partial charge in [-0.15, -0.1) is 0 Å². The molecule has 0 aromatic heterocycles. The summed E-state index contributed by atoms with van der Waals surface area (Å²) in [4.78, 5) is 0. The van der Waals surface area contributed by atoms with Crippen LogP contribution in [0, 0.1) is 0 Å². The molecule has 3 nitrogen and oxygen atoms in total. The van der Waals surface area contributed by atoms with Gasteiger partial charge in [-0.2, -0.15) is 0 Å². The maximum atomic E-state index is 12.5. The summed E-state index contributed by atoms with van der Waals surface area (Å²) in [6.07, 6.45) is 5.40. The molecular formula is C14H18ClNO2S. The van der Waals surface area contributed by atoms with Crippen LogP contribution in [0.25, 0.3) is 0 Å². The third-order valence-electron chi connectivity index (χ3n) is 3.40. The topological polar surface area (TPSA) is 46.2 Å². The van der Waals surface area contributed by atoms with Crippen LogP contribution < -0.4 is 4.72 Å². The first kappa shape index (κ1) is 14.4. The van der Waals surface area contributed by atoms with Gasteiger partial charge in [-0.25, -0.2) is 8.42 Å². The van der Waals surface area contributed by atoms with E-state index in [1.165, 1.54) is 0 Å². The van der Waals surface area contributed by atoms with Gasteiger partial charge in [-0.1, -0.05) is 42.3 Å². The zero-order valence-electron chi connectivity index (χ0n) is 10.9. The maximum absolute atomic E-state index is 12.5. The van der Waals surface area contributed by atoms with Crippen molar-refractivity contribution >= 4 is 27.3 Å². The Morgan fingerprint density at radius 1 is 1.37 bits per heavy atom. The second kappa shape index (κ2) is 5.97. The first-order valence-electron chi connectivity index (χ1n) is 6.49. The first-order valence-corrected chi connectivity index (χ1v) is 8.42. The highest BCUT2D eigenvalue weighted by atomic mass is 35.5. The number of sulfonamides is 1. The van der Waals surface area contributed by atoms with Crippen LogP contribution in [0.4, 0.5) is 5.69 Å². The molecule has 0 spiro atoms. The molecule has 0 saturated carbocycles. The van der Waals surface area contributed by atoms with Gasteiger partial charge in [0.1, 0.15) is 5.25 Å². The summed E-state index contributed by atoms with van der Waals surface area (Å²) in [5.41, 5.74) is 1.45. The summed E-state index contributed by atoms with van der Waals surface area (Å²) < 4.78 is 27.6. The molecule has 0 heterocycles. The summed E-state index contributed by atoms with van der Waals surface area (Å²) in [6, 6.07) is 6.90. The number of rotatable bonds is 4.